The Morgan fingerprint density at radius 2 is 1.82 bits per heavy atom. The van der Waals surface area contributed by atoms with Gasteiger partial charge < -0.3 is 14.7 Å². The zero-order chi connectivity index (χ0) is 15.9. The molecule has 1 aliphatic heterocycles. The molecular formula is C19H31NO2. The molecule has 0 saturated carbocycles. The van der Waals surface area contributed by atoms with Crippen LogP contribution in [0.5, 0.6) is 0 Å². The highest BCUT2D eigenvalue weighted by atomic mass is 16.5. The van der Waals surface area contributed by atoms with Crippen LogP contribution in [0.1, 0.15) is 45.3 Å². The molecule has 1 aromatic rings. The number of likely N-dealkylation sites (tertiary alicyclic amines) is 1. The minimum atomic E-state index is -0.407. The van der Waals surface area contributed by atoms with Crippen LogP contribution < -0.4 is 0 Å². The van der Waals surface area contributed by atoms with Crippen LogP contribution in [0.25, 0.3) is 0 Å². The van der Waals surface area contributed by atoms with Crippen molar-refractivity contribution in [3.8, 4) is 0 Å². The molecule has 0 bridgehead atoms. The van der Waals surface area contributed by atoms with Gasteiger partial charge in [-0.25, -0.2) is 0 Å². The van der Waals surface area contributed by atoms with Crippen molar-refractivity contribution in [3.63, 3.8) is 0 Å². The molecule has 1 aromatic carbocycles. The molecule has 4 atom stereocenters. The van der Waals surface area contributed by atoms with Crippen molar-refractivity contribution in [2.24, 2.45) is 11.8 Å². The number of rotatable bonds is 7. The summed E-state index contributed by atoms with van der Waals surface area (Å²) in [5, 5.41) is 10.3. The minimum Gasteiger partial charge on any atom is -0.389 e. The van der Waals surface area contributed by atoms with E-state index in [0.29, 0.717) is 6.61 Å². The fourth-order valence-corrected chi connectivity index (χ4v) is 3.64. The van der Waals surface area contributed by atoms with Crippen LogP contribution in [-0.2, 0) is 4.74 Å². The van der Waals surface area contributed by atoms with Crippen LogP contribution in [0, 0.1) is 11.8 Å². The highest BCUT2D eigenvalue weighted by Crippen LogP contribution is 2.22. The number of hydrogen-bond donors (Lipinski definition) is 1. The standard InChI is InChI=1S/C19H31NO2/c1-4-19(17-8-6-5-7-9-17)22-14-18(21)13-20-11-15(2)10-16(3)12-20/h5-9,15-16,18-19,21H,4,10-14H2,1-3H3/t15-,16+,18-,19+/m1/s1. The number of aliphatic hydroxyl groups is 1. The second-order valence-electron chi connectivity index (χ2n) is 6.96. The van der Waals surface area contributed by atoms with E-state index in [0.717, 1.165) is 37.9 Å². The average Bonchev–Trinajstić information content (AvgIpc) is 2.48. The maximum Gasteiger partial charge on any atom is 0.0900 e. The van der Waals surface area contributed by atoms with Crippen LogP contribution in [0.3, 0.4) is 0 Å². The molecule has 0 radical (unpaired) electrons. The Kier molecular flexibility index (Phi) is 6.87. The minimum absolute atomic E-state index is 0.0788. The molecule has 0 amide bonds. The molecule has 3 heteroatoms. The number of nitrogens with zero attached hydrogens (tertiary/aromatic N) is 1. The maximum absolute atomic E-state index is 10.3. The number of hydrogen-bond acceptors (Lipinski definition) is 3. The summed E-state index contributed by atoms with van der Waals surface area (Å²) in [7, 11) is 0. The predicted molar refractivity (Wildman–Crippen MR) is 90.8 cm³/mol. The molecule has 0 spiro atoms. The van der Waals surface area contributed by atoms with Gasteiger partial charge in [-0.15, -0.1) is 0 Å². The Hall–Kier alpha value is -0.900. The molecule has 1 N–H and O–H groups in total. The molecule has 0 unspecified atom stereocenters. The average molecular weight is 305 g/mol. The summed E-state index contributed by atoms with van der Waals surface area (Å²) in [6.45, 7) is 10.0. The predicted octanol–water partition coefficient (Wildman–Crippen LogP) is 3.49. The van der Waals surface area contributed by atoms with E-state index in [1.54, 1.807) is 0 Å². The van der Waals surface area contributed by atoms with Gasteiger partial charge in [0.1, 0.15) is 0 Å². The van der Waals surface area contributed by atoms with E-state index in [-0.39, 0.29) is 6.10 Å². The van der Waals surface area contributed by atoms with Crippen molar-refractivity contribution in [1.29, 1.82) is 0 Å². The summed E-state index contributed by atoms with van der Waals surface area (Å²) in [6.07, 6.45) is 1.90. The third-order valence-electron chi connectivity index (χ3n) is 4.45. The fraction of sp³-hybridized carbons (Fsp3) is 0.684. The molecule has 0 aliphatic carbocycles. The van der Waals surface area contributed by atoms with E-state index < -0.39 is 6.10 Å². The van der Waals surface area contributed by atoms with Gasteiger partial charge in [0.25, 0.3) is 0 Å². The van der Waals surface area contributed by atoms with Crippen LogP contribution in [0.15, 0.2) is 30.3 Å². The zero-order valence-electron chi connectivity index (χ0n) is 14.2. The largest absolute Gasteiger partial charge is 0.389 e. The van der Waals surface area contributed by atoms with Gasteiger partial charge in [0.15, 0.2) is 0 Å². The second kappa shape index (κ2) is 8.66. The highest BCUT2D eigenvalue weighted by Gasteiger charge is 2.23. The molecule has 1 heterocycles. The van der Waals surface area contributed by atoms with E-state index in [1.165, 1.54) is 12.0 Å². The van der Waals surface area contributed by atoms with Crippen molar-refractivity contribution >= 4 is 0 Å². The van der Waals surface area contributed by atoms with Crippen LogP contribution in [0.2, 0.25) is 0 Å². The third-order valence-corrected chi connectivity index (χ3v) is 4.45. The molecule has 124 valence electrons. The van der Waals surface area contributed by atoms with E-state index >= 15 is 0 Å². The molecule has 1 aliphatic rings. The van der Waals surface area contributed by atoms with Gasteiger partial charge in [0, 0.05) is 19.6 Å². The van der Waals surface area contributed by atoms with E-state index in [4.69, 9.17) is 4.74 Å². The molecule has 1 fully saturated rings. The van der Waals surface area contributed by atoms with Gasteiger partial charge >= 0.3 is 0 Å². The molecule has 22 heavy (non-hydrogen) atoms. The molecule has 3 nitrogen and oxygen atoms in total. The molecule has 1 saturated heterocycles. The topological polar surface area (TPSA) is 32.7 Å². The van der Waals surface area contributed by atoms with Crippen LogP contribution in [0.4, 0.5) is 0 Å². The number of aliphatic hydroxyl groups excluding tert-OH is 1. The molecule has 2 rings (SSSR count). The second-order valence-corrected chi connectivity index (χ2v) is 6.96. The van der Waals surface area contributed by atoms with Gasteiger partial charge in [0.2, 0.25) is 0 Å². The monoisotopic (exact) mass is 305 g/mol. The number of benzene rings is 1. The van der Waals surface area contributed by atoms with Crippen molar-refractivity contribution in [3.05, 3.63) is 35.9 Å². The van der Waals surface area contributed by atoms with Crippen molar-refractivity contribution < 1.29 is 9.84 Å². The first-order valence-corrected chi connectivity index (χ1v) is 8.65. The van der Waals surface area contributed by atoms with Gasteiger partial charge in [-0.2, -0.15) is 0 Å². The van der Waals surface area contributed by atoms with E-state index in [1.807, 2.05) is 18.2 Å². The normalized spacial score (nSPS) is 25.8. The quantitative estimate of drug-likeness (QED) is 0.837. The Balaban J connectivity index is 1.78. The summed E-state index contributed by atoms with van der Waals surface area (Å²) in [5.74, 6) is 1.45. The lowest BCUT2D eigenvalue weighted by molar-refractivity contribution is -0.0297. The van der Waals surface area contributed by atoms with Gasteiger partial charge in [-0.05, 0) is 30.2 Å². The van der Waals surface area contributed by atoms with Gasteiger partial charge in [-0.3, -0.25) is 0 Å². The van der Waals surface area contributed by atoms with Crippen LogP contribution in [-0.4, -0.2) is 42.4 Å². The van der Waals surface area contributed by atoms with E-state index in [9.17, 15) is 5.11 Å². The van der Waals surface area contributed by atoms with Crippen molar-refractivity contribution in [2.75, 3.05) is 26.2 Å². The summed E-state index contributed by atoms with van der Waals surface area (Å²) >= 11 is 0. The van der Waals surface area contributed by atoms with Gasteiger partial charge in [0.05, 0.1) is 18.8 Å². The number of β-amino-alcohol motifs (C(OH)–C–C–N with tert-alkyl or cyclic N) is 1. The fourth-order valence-electron chi connectivity index (χ4n) is 3.64. The first-order chi connectivity index (χ1) is 10.6. The lowest BCUT2D eigenvalue weighted by Crippen LogP contribution is -2.43. The molecular weight excluding hydrogens is 274 g/mol. The summed E-state index contributed by atoms with van der Waals surface area (Å²) in [5.41, 5.74) is 1.19. The lowest BCUT2D eigenvalue weighted by Gasteiger charge is -2.36. The Morgan fingerprint density at radius 1 is 1.18 bits per heavy atom. The Labute approximate surface area is 135 Å². The van der Waals surface area contributed by atoms with Crippen molar-refractivity contribution in [1.82, 2.24) is 4.90 Å². The zero-order valence-corrected chi connectivity index (χ0v) is 14.2. The Morgan fingerprint density at radius 3 is 2.41 bits per heavy atom. The summed E-state index contributed by atoms with van der Waals surface area (Å²) < 4.78 is 5.96. The Bertz CT molecular complexity index is 413. The molecule has 0 aromatic heterocycles. The number of piperidine rings is 1. The smallest absolute Gasteiger partial charge is 0.0900 e. The third kappa shape index (κ3) is 5.38. The van der Waals surface area contributed by atoms with E-state index in [2.05, 4.69) is 37.8 Å². The summed E-state index contributed by atoms with van der Waals surface area (Å²) in [4.78, 5) is 2.39. The number of ether oxygens (including phenoxy) is 1. The summed E-state index contributed by atoms with van der Waals surface area (Å²) in [6, 6.07) is 10.3. The highest BCUT2D eigenvalue weighted by molar-refractivity contribution is 5.17. The SMILES string of the molecule is CC[C@H](OC[C@H](O)CN1C[C@H](C)C[C@H](C)C1)c1ccccc1. The maximum atomic E-state index is 10.3. The van der Waals surface area contributed by atoms with Crippen molar-refractivity contribution in [2.45, 2.75) is 45.8 Å². The van der Waals surface area contributed by atoms with Crippen LogP contribution >= 0.6 is 0 Å². The van der Waals surface area contributed by atoms with Gasteiger partial charge in [-0.1, -0.05) is 51.1 Å². The first kappa shape index (κ1) is 17.5. The lowest BCUT2D eigenvalue weighted by atomic mass is 9.92. The first-order valence-electron chi connectivity index (χ1n) is 8.65.